The zero-order valence-corrected chi connectivity index (χ0v) is 14.7. The monoisotopic (exact) mass is 346 g/mol. The van der Waals surface area contributed by atoms with Gasteiger partial charge in [-0.15, -0.1) is 0 Å². The molecule has 4 nitrogen and oxygen atoms in total. The van der Waals surface area contributed by atoms with Crippen LogP contribution in [0.25, 0.3) is 0 Å². The molecule has 0 unspecified atom stereocenters. The Bertz CT molecular complexity index is 846. The third-order valence-corrected chi connectivity index (χ3v) is 4.06. The van der Waals surface area contributed by atoms with Gasteiger partial charge in [0.25, 0.3) is 5.91 Å². The maximum absolute atomic E-state index is 12.3. The Morgan fingerprint density at radius 3 is 2.35 bits per heavy atom. The maximum atomic E-state index is 12.3. The minimum atomic E-state index is -0.159. The molecule has 0 aliphatic heterocycles. The van der Waals surface area contributed by atoms with Gasteiger partial charge in [0.15, 0.2) is 0 Å². The first-order valence-electron chi connectivity index (χ1n) is 8.58. The van der Waals surface area contributed by atoms with Gasteiger partial charge in [0.05, 0.1) is 7.11 Å². The molecule has 0 spiro atoms. The predicted octanol–water partition coefficient (Wildman–Crippen LogP) is 4.60. The third-order valence-electron chi connectivity index (χ3n) is 4.06. The molecule has 1 amide bonds. The normalized spacial score (nSPS) is 10.2. The molecule has 3 rings (SSSR count). The van der Waals surface area contributed by atoms with Gasteiger partial charge in [-0.05, 0) is 54.4 Å². The lowest BCUT2D eigenvalue weighted by atomic mass is 10.1. The SMILES string of the molecule is COc1cccc(C(=O)Nc2ccc(NCCc3ccccc3)cc2)c1. The topological polar surface area (TPSA) is 50.4 Å². The van der Waals surface area contributed by atoms with Crippen molar-refractivity contribution < 1.29 is 9.53 Å². The molecule has 4 heteroatoms. The highest BCUT2D eigenvalue weighted by Gasteiger charge is 2.07. The van der Waals surface area contributed by atoms with Crippen LogP contribution in [-0.4, -0.2) is 19.6 Å². The number of hydrogen-bond acceptors (Lipinski definition) is 3. The van der Waals surface area contributed by atoms with Gasteiger partial charge in [-0.1, -0.05) is 36.4 Å². The van der Waals surface area contributed by atoms with Gasteiger partial charge in [0.1, 0.15) is 5.75 Å². The number of hydrogen-bond donors (Lipinski definition) is 2. The van der Waals surface area contributed by atoms with Crippen molar-refractivity contribution in [3.05, 3.63) is 90.0 Å². The number of rotatable bonds is 7. The molecule has 132 valence electrons. The second-order valence-electron chi connectivity index (χ2n) is 5.93. The van der Waals surface area contributed by atoms with Crippen molar-refractivity contribution in [1.29, 1.82) is 0 Å². The van der Waals surface area contributed by atoms with E-state index in [0.717, 1.165) is 24.3 Å². The largest absolute Gasteiger partial charge is 0.497 e. The molecular formula is C22H22N2O2. The lowest BCUT2D eigenvalue weighted by Gasteiger charge is -2.09. The molecule has 2 N–H and O–H groups in total. The van der Waals surface area contributed by atoms with E-state index in [4.69, 9.17) is 4.74 Å². The summed E-state index contributed by atoms with van der Waals surface area (Å²) in [5, 5.41) is 6.29. The predicted molar refractivity (Wildman–Crippen MR) is 106 cm³/mol. The first kappa shape index (κ1) is 17.5. The summed E-state index contributed by atoms with van der Waals surface area (Å²) in [6.07, 6.45) is 0.967. The van der Waals surface area contributed by atoms with E-state index in [9.17, 15) is 4.79 Å². The van der Waals surface area contributed by atoms with E-state index in [0.29, 0.717) is 11.3 Å². The summed E-state index contributed by atoms with van der Waals surface area (Å²) in [5.41, 5.74) is 3.66. The molecular weight excluding hydrogens is 324 g/mol. The molecule has 0 saturated carbocycles. The Balaban J connectivity index is 1.53. The van der Waals surface area contributed by atoms with E-state index in [1.54, 1.807) is 25.3 Å². The number of benzene rings is 3. The molecule has 0 aliphatic carbocycles. The molecule has 0 atom stereocenters. The van der Waals surface area contributed by atoms with Crippen molar-refractivity contribution in [2.24, 2.45) is 0 Å². The quantitative estimate of drug-likeness (QED) is 0.657. The van der Waals surface area contributed by atoms with Crippen LogP contribution < -0.4 is 15.4 Å². The van der Waals surface area contributed by atoms with Crippen LogP contribution in [0.15, 0.2) is 78.9 Å². The molecule has 0 fully saturated rings. The van der Waals surface area contributed by atoms with Gasteiger partial charge in [-0.3, -0.25) is 4.79 Å². The second kappa shape index (κ2) is 8.72. The molecule has 0 saturated heterocycles. The van der Waals surface area contributed by atoms with E-state index < -0.39 is 0 Å². The third kappa shape index (κ3) is 4.86. The van der Waals surface area contributed by atoms with Crippen molar-refractivity contribution in [3.63, 3.8) is 0 Å². The maximum Gasteiger partial charge on any atom is 0.255 e. The highest BCUT2D eigenvalue weighted by molar-refractivity contribution is 6.04. The van der Waals surface area contributed by atoms with Gasteiger partial charge in [-0.2, -0.15) is 0 Å². The number of nitrogens with one attached hydrogen (secondary N) is 2. The van der Waals surface area contributed by atoms with Gasteiger partial charge in [0, 0.05) is 23.5 Å². The van der Waals surface area contributed by atoms with Crippen LogP contribution in [0, 0.1) is 0 Å². The van der Waals surface area contributed by atoms with Gasteiger partial charge in [-0.25, -0.2) is 0 Å². The van der Waals surface area contributed by atoms with E-state index in [-0.39, 0.29) is 5.91 Å². The van der Waals surface area contributed by atoms with Crippen LogP contribution in [-0.2, 0) is 6.42 Å². The summed E-state index contributed by atoms with van der Waals surface area (Å²) in [4.78, 5) is 12.3. The highest BCUT2D eigenvalue weighted by Crippen LogP contribution is 2.17. The van der Waals surface area contributed by atoms with Crippen molar-refractivity contribution >= 4 is 17.3 Å². The van der Waals surface area contributed by atoms with Crippen LogP contribution >= 0.6 is 0 Å². The van der Waals surface area contributed by atoms with Crippen LogP contribution in [0.4, 0.5) is 11.4 Å². The number of anilines is 2. The smallest absolute Gasteiger partial charge is 0.255 e. The van der Waals surface area contributed by atoms with E-state index in [2.05, 4.69) is 34.9 Å². The summed E-state index contributed by atoms with van der Waals surface area (Å²) < 4.78 is 5.15. The summed E-state index contributed by atoms with van der Waals surface area (Å²) in [7, 11) is 1.58. The molecule has 0 aliphatic rings. The van der Waals surface area contributed by atoms with Crippen LogP contribution in [0.5, 0.6) is 5.75 Å². The first-order valence-corrected chi connectivity index (χ1v) is 8.58. The number of ether oxygens (including phenoxy) is 1. The van der Waals surface area contributed by atoms with Crippen molar-refractivity contribution in [3.8, 4) is 5.75 Å². The van der Waals surface area contributed by atoms with Gasteiger partial charge >= 0.3 is 0 Å². The minimum absolute atomic E-state index is 0.159. The number of carbonyl (C=O) groups excluding carboxylic acids is 1. The fourth-order valence-electron chi connectivity index (χ4n) is 2.63. The van der Waals surface area contributed by atoms with Crippen molar-refractivity contribution in [1.82, 2.24) is 0 Å². The lowest BCUT2D eigenvalue weighted by molar-refractivity contribution is 0.102. The fourth-order valence-corrected chi connectivity index (χ4v) is 2.63. The summed E-state index contributed by atoms with van der Waals surface area (Å²) in [6.45, 7) is 0.861. The number of methoxy groups -OCH3 is 1. The Labute approximate surface area is 153 Å². The van der Waals surface area contributed by atoms with Gasteiger partial charge < -0.3 is 15.4 Å². The molecule has 3 aromatic carbocycles. The van der Waals surface area contributed by atoms with Crippen LogP contribution in [0.2, 0.25) is 0 Å². The zero-order valence-electron chi connectivity index (χ0n) is 14.7. The molecule has 3 aromatic rings. The minimum Gasteiger partial charge on any atom is -0.497 e. The second-order valence-corrected chi connectivity index (χ2v) is 5.93. The molecule has 0 aromatic heterocycles. The van der Waals surface area contributed by atoms with E-state index >= 15 is 0 Å². The van der Waals surface area contributed by atoms with E-state index in [1.807, 2.05) is 36.4 Å². The van der Waals surface area contributed by atoms with Crippen LogP contribution in [0.1, 0.15) is 15.9 Å². The van der Waals surface area contributed by atoms with E-state index in [1.165, 1.54) is 5.56 Å². The Morgan fingerprint density at radius 1 is 0.885 bits per heavy atom. The van der Waals surface area contributed by atoms with Crippen LogP contribution in [0.3, 0.4) is 0 Å². The Hall–Kier alpha value is -3.27. The van der Waals surface area contributed by atoms with Crippen molar-refractivity contribution in [2.45, 2.75) is 6.42 Å². The average molecular weight is 346 g/mol. The Kier molecular flexibility index (Phi) is 5.88. The fraction of sp³-hybridized carbons (Fsp3) is 0.136. The number of amides is 1. The molecule has 0 radical (unpaired) electrons. The van der Waals surface area contributed by atoms with Crippen molar-refractivity contribution in [2.75, 3.05) is 24.3 Å². The zero-order chi connectivity index (χ0) is 18.2. The first-order chi connectivity index (χ1) is 12.7. The average Bonchev–Trinajstić information content (AvgIpc) is 2.70. The molecule has 0 heterocycles. The summed E-state index contributed by atoms with van der Waals surface area (Å²) in [5.74, 6) is 0.504. The summed E-state index contributed by atoms with van der Waals surface area (Å²) >= 11 is 0. The summed E-state index contributed by atoms with van der Waals surface area (Å²) in [6, 6.07) is 25.2. The van der Waals surface area contributed by atoms with Gasteiger partial charge in [0.2, 0.25) is 0 Å². The standard InChI is InChI=1S/C22H22N2O2/c1-26-21-9-5-8-18(16-21)22(25)24-20-12-10-19(11-13-20)23-15-14-17-6-3-2-4-7-17/h2-13,16,23H,14-15H2,1H3,(H,24,25). The number of carbonyl (C=O) groups is 1. The molecule has 26 heavy (non-hydrogen) atoms. The highest BCUT2D eigenvalue weighted by atomic mass is 16.5. The molecule has 0 bridgehead atoms. The lowest BCUT2D eigenvalue weighted by Crippen LogP contribution is -2.12. The Morgan fingerprint density at radius 2 is 1.62 bits per heavy atom.